The van der Waals surface area contributed by atoms with Gasteiger partial charge in [0.1, 0.15) is 0 Å². The van der Waals surface area contributed by atoms with Crippen LogP contribution in [0, 0.1) is 17.8 Å². The van der Waals surface area contributed by atoms with Crippen molar-refractivity contribution in [1.29, 1.82) is 0 Å². The summed E-state index contributed by atoms with van der Waals surface area (Å²) in [5.74, 6) is 2.70. The van der Waals surface area contributed by atoms with Crippen LogP contribution < -0.4 is 0 Å². The lowest BCUT2D eigenvalue weighted by Gasteiger charge is -2.40. The Bertz CT molecular complexity index is 151. The Hall–Kier alpha value is -0.0400. The minimum Gasteiger partial charge on any atom is -0.301 e. The Labute approximate surface area is 97.2 Å². The van der Waals surface area contributed by atoms with E-state index in [4.69, 9.17) is 0 Å². The molecular formula is C14H31N. The second-order valence-corrected chi connectivity index (χ2v) is 5.26. The van der Waals surface area contributed by atoms with Gasteiger partial charge in [-0.05, 0) is 44.6 Å². The van der Waals surface area contributed by atoms with Crippen molar-refractivity contribution in [3.63, 3.8) is 0 Å². The van der Waals surface area contributed by atoms with Gasteiger partial charge >= 0.3 is 0 Å². The molecule has 1 rings (SSSR count). The fraction of sp³-hybridized carbons (Fsp3) is 1.00. The molecule has 0 spiro atoms. The van der Waals surface area contributed by atoms with Gasteiger partial charge < -0.3 is 4.90 Å². The van der Waals surface area contributed by atoms with E-state index in [0.29, 0.717) is 0 Å². The predicted octanol–water partition coefficient (Wildman–Crippen LogP) is 4.04. The summed E-state index contributed by atoms with van der Waals surface area (Å²) in [6.45, 7) is 18.4. The van der Waals surface area contributed by atoms with Gasteiger partial charge in [0, 0.05) is 12.6 Å². The van der Waals surface area contributed by atoms with E-state index in [1.807, 2.05) is 13.8 Å². The van der Waals surface area contributed by atoms with E-state index in [-0.39, 0.29) is 0 Å². The lowest BCUT2D eigenvalue weighted by Crippen LogP contribution is -2.44. The van der Waals surface area contributed by atoms with E-state index < -0.39 is 0 Å². The van der Waals surface area contributed by atoms with Crippen molar-refractivity contribution in [3.8, 4) is 0 Å². The number of likely N-dealkylation sites (tertiary alicyclic amines) is 1. The van der Waals surface area contributed by atoms with Crippen LogP contribution >= 0.6 is 0 Å². The highest BCUT2D eigenvalue weighted by Crippen LogP contribution is 2.30. The van der Waals surface area contributed by atoms with Crippen molar-refractivity contribution in [2.24, 2.45) is 17.8 Å². The van der Waals surface area contributed by atoms with Gasteiger partial charge in [0.2, 0.25) is 0 Å². The van der Waals surface area contributed by atoms with Crippen LogP contribution in [0.15, 0.2) is 0 Å². The molecule has 0 aromatic carbocycles. The van der Waals surface area contributed by atoms with Crippen LogP contribution in [0.3, 0.4) is 0 Å². The molecule has 0 bridgehead atoms. The summed E-state index contributed by atoms with van der Waals surface area (Å²) in [5, 5.41) is 0. The summed E-state index contributed by atoms with van der Waals surface area (Å²) in [6.07, 6.45) is 1.40. The Balaban J connectivity index is 0.000000921. The first kappa shape index (κ1) is 15.0. The van der Waals surface area contributed by atoms with Crippen LogP contribution in [-0.2, 0) is 0 Å². The van der Waals surface area contributed by atoms with Gasteiger partial charge in [-0.1, -0.05) is 34.6 Å². The molecule has 0 amide bonds. The molecule has 0 aliphatic carbocycles. The molecule has 2 atom stereocenters. The Morgan fingerprint density at radius 2 is 1.60 bits per heavy atom. The quantitative estimate of drug-likeness (QED) is 0.669. The normalized spacial score (nSPS) is 27.8. The molecule has 1 heteroatoms. The van der Waals surface area contributed by atoms with Crippen molar-refractivity contribution >= 4 is 0 Å². The van der Waals surface area contributed by atoms with E-state index in [1.54, 1.807) is 0 Å². The van der Waals surface area contributed by atoms with E-state index in [2.05, 4.69) is 39.5 Å². The second kappa shape index (κ2) is 7.27. The number of rotatable bonds is 2. The summed E-state index contributed by atoms with van der Waals surface area (Å²) < 4.78 is 0. The van der Waals surface area contributed by atoms with E-state index in [1.165, 1.54) is 19.5 Å². The van der Waals surface area contributed by atoms with Gasteiger partial charge in [0.05, 0.1) is 0 Å². The molecule has 1 heterocycles. The van der Waals surface area contributed by atoms with Crippen LogP contribution in [0.5, 0.6) is 0 Å². The van der Waals surface area contributed by atoms with Gasteiger partial charge in [0.15, 0.2) is 0 Å². The smallest absolute Gasteiger partial charge is 0.00387 e. The zero-order chi connectivity index (χ0) is 12.0. The highest BCUT2D eigenvalue weighted by atomic mass is 15.2. The summed E-state index contributed by atoms with van der Waals surface area (Å²) in [7, 11) is 0. The van der Waals surface area contributed by atoms with Crippen molar-refractivity contribution in [1.82, 2.24) is 4.90 Å². The van der Waals surface area contributed by atoms with Gasteiger partial charge in [-0.15, -0.1) is 0 Å². The average molecular weight is 213 g/mol. The lowest BCUT2D eigenvalue weighted by atomic mass is 9.79. The molecule has 15 heavy (non-hydrogen) atoms. The van der Waals surface area contributed by atoms with Crippen molar-refractivity contribution in [3.05, 3.63) is 0 Å². The minimum atomic E-state index is 0.732. The third-order valence-electron chi connectivity index (χ3n) is 3.59. The first-order valence-electron chi connectivity index (χ1n) is 6.76. The first-order chi connectivity index (χ1) is 7.02. The van der Waals surface area contributed by atoms with Crippen LogP contribution in [0.4, 0.5) is 0 Å². The largest absolute Gasteiger partial charge is 0.301 e. The third kappa shape index (κ3) is 4.55. The maximum Gasteiger partial charge on any atom is 0.00387 e. The third-order valence-corrected chi connectivity index (χ3v) is 3.59. The molecule has 0 radical (unpaired) electrons. The topological polar surface area (TPSA) is 3.24 Å². The minimum absolute atomic E-state index is 0.732. The van der Waals surface area contributed by atoms with Crippen molar-refractivity contribution in [2.75, 3.05) is 13.1 Å². The SMILES string of the molecule is CC.CC(C)C1CCN(C(C)C)CC1C. The molecular weight excluding hydrogens is 182 g/mol. The molecule has 1 nitrogen and oxygen atoms in total. The average Bonchev–Trinajstić information content (AvgIpc) is 2.20. The van der Waals surface area contributed by atoms with E-state index in [9.17, 15) is 0 Å². The summed E-state index contributed by atoms with van der Waals surface area (Å²) in [6, 6.07) is 0.732. The molecule has 1 fully saturated rings. The van der Waals surface area contributed by atoms with Crippen LogP contribution in [0.25, 0.3) is 0 Å². The zero-order valence-electron chi connectivity index (χ0n) is 11.9. The molecule has 1 aliphatic rings. The lowest BCUT2D eigenvalue weighted by molar-refractivity contribution is 0.0799. The fourth-order valence-corrected chi connectivity index (χ4v) is 2.66. The predicted molar refractivity (Wildman–Crippen MR) is 70.2 cm³/mol. The van der Waals surface area contributed by atoms with Gasteiger partial charge in [0.25, 0.3) is 0 Å². The van der Waals surface area contributed by atoms with Crippen LogP contribution in [-0.4, -0.2) is 24.0 Å². The van der Waals surface area contributed by atoms with Gasteiger partial charge in [-0.2, -0.15) is 0 Å². The first-order valence-corrected chi connectivity index (χ1v) is 6.76. The van der Waals surface area contributed by atoms with Gasteiger partial charge in [-0.25, -0.2) is 0 Å². The highest BCUT2D eigenvalue weighted by molar-refractivity contribution is 4.80. The Kier molecular flexibility index (Phi) is 7.25. The molecule has 0 aromatic heterocycles. The highest BCUT2D eigenvalue weighted by Gasteiger charge is 2.28. The molecule has 0 N–H and O–H groups in total. The number of hydrogen-bond donors (Lipinski definition) is 0. The van der Waals surface area contributed by atoms with Crippen molar-refractivity contribution in [2.45, 2.75) is 60.9 Å². The van der Waals surface area contributed by atoms with Crippen molar-refractivity contribution < 1.29 is 0 Å². The summed E-state index contributed by atoms with van der Waals surface area (Å²) >= 11 is 0. The number of hydrogen-bond acceptors (Lipinski definition) is 1. The maximum atomic E-state index is 2.61. The molecule has 92 valence electrons. The van der Waals surface area contributed by atoms with E-state index >= 15 is 0 Å². The van der Waals surface area contributed by atoms with Crippen LogP contribution in [0.2, 0.25) is 0 Å². The Morgan fingerprint density at radius 1 is 1.07 bits per heavy atom. The standard InChI is InChI=1S/C12H25N.C2H6/c1-9(2)12-6-7-13(10(3)4)8-11(12)5;1-2/h9-12H,6-8H2,1-5H3;1-2H3. The van der Waals surface area contributed by atoms with Crippen LogP contribution in [0.1, 0.15) is 54.9 Å². The monoisotopic (exact) mass is 213 g/mol. The molecule has 1 saturated heterocycles. The summed E-state index contributed by atoms with van der Waals surface area (Å²) in [5.41, 5.74) is 0. The van der Waals surface area contributed by atoms with E-state index in [0.717, 1.165) is 23.8 Å². The molecule has 0 aromatic rings. The molecule has 2 unspecified atom stereocenters. The molecule has 0 saturated carbocycles. The van der Waals surface area contributed by atoms with Gasteiger partial charge in [-0.3, -0.25) is 0 Å². The Morgan fingerprint density at radius 3 is 1.93 bits per heavy atom. The number of piperidine rings is 1. The maximum absolute atomic E-state index is 2.61. The summed E-state index contributed by atoms with van der Waals surface area (Å²) in [4.78, 5) is 2.61. The molecule has 1 aliphatic heterocycles. The zero-order valence-corrected chi connectivity index (χ0v) is 11.9. The number of nitrogens with zero attached hydrogens (tertiary/aromatic N) is 1. The fourth-order valence-electron chi connectivity index (χ4n) is 2.66. The second-order valence-electron chi connectivity index (χ2n) is 5.26.